The van der Waals surface area contributed by atoms with Gasteiger partial charge in [-0.2, -0.15) is 0 Å². The van der Waals surface area contributed by atoms with Crippen molar-refractivity contribution in [2.45, 2.75) is 45.7 Å². The van der Waals surface area contributed by atoms with Gasteiger partial charge in [0.2, 0.25) is 0 Å². The smallest absolute Gasteiger partial charge is 0.191 e. The molecule has 0 amide bonds. The number of likely N-dealkylation sites (N-methyl/N-ethyl adjacent to an activating group) is 1. The topological polar surface area (TPSA) is 59.3 Å². The highest BCUT2D eigenvalue weighted by atomic mass is 127. The van der Waals surface area contributed by atoms with Crippen molar-refractivity contribution in [3.8, 4) is 0 Å². The number of hydrogen-bond acceptors (Lipinski definition) is 5. The van der Waals surface area contributed by atoms with Crippen LogP contribution in [-0.2, 0) is 0 Å². The van der Waals surface area contributed by atoms with Crippen LogP contribution in [0.4, 0.5) is 0 Å². The van der Waals surface area contributed by atoms with Gasteiger partial charge in [0.05, 0.1) is 18.8 Å². The minimum absolute atomic E-state index is 0. The molecule has 2 unspecified atom stereocenters. The van der Waals surface area contributed by atoms with Crippen LogP contribution in [-0.4, -0.2) is 92.1 Å². The van der Waals surface area contributed by atoms with E-state index in [1.54, 1.807) is 6.26 Å². The molecule has 0 bridgehead atoms. The van der Waals surface area contributed by atoms with Crippen LogP contribution in [0.5, 0.6) is 0 Å². The van der Waals surface area contributed by atoms with Gasteiger partial charge in [-0.15, -0.1) is 24.0 Å². The van der Waals surface area contributed by atoms with Gasteiger partial charge in [0.15, 0.2) is 5.96 Å². The third-order valence-corrected chi connectivity index (χ3v) is 6.25. The second-order valence-electron chi connectivity index (χ2n) is 8.19. The number of rotatable bonds is 9. The van der Waals surface area contributed by atoms with Crippen molar-refractivity contribution < 1.29 is 4.42 Å². The molecule has 0 spiro atoms. The molecule has 2 N–H and O–H groups in total. The van der Waals surface area contributed by atoms with Gasteiger partial charge in [-0.1, -0.05) is 6.92 Å². The lowest BCUT2D eigenvalue weighted by atomic mass is 10.2. The van der Waals surface area contributed by atoms with Crippen LogP contribution in [0.1, 0.15) is 45.4 Å². The average molecular weight is 533 g/mol. The van der Waals surface area contributed by atoms with Crippen molar-refractivity contribution in [2.24, 2.45) is 4.99 Å². The standard InChI is InChI=1S/C22H40N6O.HI/c1-4-23-22(24-17-19(3)27-14-12-26(5-2)13-15-27)25-18-20(21-9-8-16-29-21)28-10-6-7-11-28;/h8-9,16,19-20H,4-7,10-15,17-18H2,1-3H3,(H2,23,24,25);1H. The van der Waals surface area contributed by atoms with Gasteiger partial charge in [-0.3, -0.25) is 14.8 Å². The van der Waals surface area contributed by atoms with Crippen LogP contribution in [0.3, 0.4) is 0 Å². The van der Waals surface area contributed by atoms with Crippen molar-refractivity contribution in [2.75, 3.05) is 65.4 Å². The fraction of sp³-hybridized carbons (Fsp3) is 0.773. The van der Waals surface area contributed by atoms with Crippen LogP contribution in [0.15, 0.2) is 27.8 Å². The van der Waals surface area contributed by atoms with E-state index in [1.807, 2.05) is 6.07 Å². The third-order valence-electron chi connectivity index (χ3n) is 6.25. The van der Waals surface area contributed by atoms with Crippen LogP contribution >= 0.6 is 24.0 Å². The predicted molar refractivity (Wildman–Crippen MR) is 135 cm³/mol. The normalized spacial score (nSPS) is 21.2. The summed E-state index contributed by atoms with van der Waals surface area (Å²) in [5, 5.41) is 6.98. The molecular weight excluding hydrogens is 491 g/mol. The summed E-state index contributed by atoms with van der Waals surface area (Å²) in [5.74, 6) is 1.94. The summed E-state index contributed by atoms with van der Waals surface area (Å²) in [6, 6.07) is 4.80. The summed E-state index contributed by atoms with van der Waals surface area (Å²) in [6.45, 7) is 17.2. The SMILES string of the molecule is CCNC(=NCC(C)N1CCN(CC)CC1)NCC(c1ccco1)N1CCCC1.I. The summed E-state index contributed by atoms with van der Waals surface area (Å²) in [4.78, 5) is 12.5. The number of guanidine groups is 1. The highest BCUT2D eigenvalue weighted by Crippen LogP contribution is 2.24. The lowest BCUT2D eigenvalue weighted by Crippen LogP contribution is -2.50. The van der Waals surface area contributed by atoms with Gasteiger partial charge >= 0.3 is 0 Å². The van der Waals surface area contributed by atoms with Crippen molar-refractivity contribution in [3.63, 3.8) is 0 Å². The number of aliphatic imine (C=N–C) groups is 1. The van der Waals surface area contributed by atoms with Crippen molar-refractivity contribution in [3.05, 3.63) is 24.2 Å². The van der Waals surface area contributed by atoms with Crippen LogP contribution in [0.25, 0.3) is 0 Å². The van der Waals surface area contributed by atoms with E-state index >= 15 is 0 Å². The lowest BCUT2D eigenvalue weighted by Gasteiger charge is -2.37. The van der Waals surface area contributed by atoms with E-state index < -0.39 is 0 Å². The molecule has 3 rings (SSSR count). The van der Waals surface area contributed by atoms with Crippen molar-refractivity contribution in [1.29, 1.82) is 0 Å². The number of halogens is 1. The fourth-order valence-electron chi connectivity index (χ4n) is 4.34. The Labute approximate surface area is 199 Å². The molecule has 2 saturated heterocycles. The minimum Gasteiger partial charge on any atom is -0.468 e. The molecule has 1 aromatic rings. The maximum Gasteiger partial charge on any atom is 0.191 e. The van der Waals surface area contributed by atoms with Gasteiger partial charge in [-0.25, -0.2) is 0 Å². The Hall–Kier alpha value is -0.840. The van der Waals surface area contributed by atoms with E-state index in [9.17, 15) is 0 Å². The molecule has 0 radical (unpaired) electrons. The molecule has 3 heterocycles. The number of nitrogens with zero attached hydrogens (tertiary/aromatic N) is 4. The molecule has 1 aromatic heterocycles. The average Bonchev–Trinajstić information content (AvgIpc) is 3.47. The molecule has 2 aliphatic heterocycles. The van der Waals surface area contributed by atoms with Gasteiger partial charge in [0.25, 0.3) is 0 Å². The Morgan fingerprint density at radius 3 is 2.40 bits per heavy atom. The van der Waals surface area contributed by atoms with Crippen LogP contribution < -0.4 is 10.6 Å². The molecule has 0 aliphatic carbocycles. The Morgan fingerprint density at radius 2 is 1.80 bits per heavy atom. The van der Waals surface area contributed by atoms with E-state index in [1.165, 1.54) is 25.9 Å². The Morgan fingerprint density at radius 1 is 1.07 bits per heavy atom. The van der Waals surface area contributed by atoms with E-state index in [-0.39, 0.29) is 30.0 Å². The van der Waals surface area contributed by atoms with Gasteiger partial charge in [-0.05, 0) is 58.5 Å². The number of furan rings is 1. The van der Waals surface area contributed by atoms with Crippen LogP contribution in [0.2, 0.25) is 0 Å². The van der Waals surface area contributed by atoms with E-state index in [0.717, 1.165) is 64.1 Å². The molecule has 7 nitrogen and oxygen atoms in total. The molecule has 172 valence electrons. The fourth-order valence-corrected chi connectivity index (χ4v) is 4.34. The molecule has 0 saturated carbocycles. The molecule has 8 heteroatoms. The van der Waals surface area contributed by atoms with Crippen molar-refractivity contribution in [1.82, 2.24) is 25.3 Å². The number of nitrogens with one attached hydrogen (secondary N) is 2. The molecule has 30 heavy (non-hydrogen) atoms. The van der Waals surface area contributed by atoms with E-state index in [2.05, 4.69) is 52.2 Å². The Balaban J connectivity index is 0.00000320. The molecule has 2 aliphatic rings. The molecule has 2 fully saturated rings. The van der Waals surface area contributed by atoms with Gasteiger partial charge in [0, 0.05) is 45.3 Å². The minimum atomic E-state index is 0. The summed E-state index contributed by atoms with van der Waals surface area (Å²) in [5.41, 5.74) is 0. The zero-order valence-corrected chi connectivity index (χ0v) is 21.3. The highest BCUT2D eigenvalue weighted by molar-refractivity contribution is 14.0. The molecular formula is C22H41IN6O. The quantitative estimate of drug-likeness (QED) is 0.290. The molecule has 0 aromatic carbocycles. The Bertz CT molecular complexity index is 597. The first-order chi connectivity index (χ1) is 14.2. The first kappa shape index (κ1) is 25.4. The summed E-state index contributed by atoms with van der Waals surface area (Å²) in [7, 11) is 0. The maximum absolute atomic E-state index is 5.74. The third kappa shape index (κ3) is 7.39. The second kappa shape index (κ2) is 13.5. The zero-order chi connectivity index (χ0) is 20.5. The second-order valence-corrected chi connectivity index (χ2v) is 8.19. The lowest BCUT2D eigenvalue weighted by molar-refractivity contribution is 0.109. The van der Waals surface area contributed by atoms with Gasteiger partial charge in [0.1, 0.15) is 5.76 Å². The van der Waals surface area contributed by atoms with E-state index in [4.69, 9.17) is 9.41 Å². The number of likely N-dealkylation sites (tertiary alicyclic amines) is 1. The summed E-state index contributed by atoms with van der Waals surface area (Å²) < 4.78 is 5.74. The van der Waals surface area contributed by atoms with Crippen molar-refractivity contribution >= 4 is 29.9 Å². The first-order valence-corrected chi connectivity index (χ1v) is 11.5. The predicted octanol–water partition coefficient (Wildman–Crippen LogP) is 2.62. The monoisotopic (exact) mass is 532 g/mol. The maximum atomic E-state index is 5.74. The largest absolute Gasteiger partial charge is 0.468 e. The number of piperazine rings is 1. The number of hydrogen-bond donors (Lipinski definition) is 2. The summed E-state index contributed by atoms with van der Waals surface area (Å²) >= 11 is 0. The zero-order valence-electron chi connectivity index (χ0n) is 19.0. The first-order valence-electron chi connectivity index (χ1n) is 11.5. The highest BCUT2D eigenvalue weighted by Gasteiger charge is 2.26. The molecule has 2 atom stereocenters. The van der Waals surface area contributed by atoms with E-state index in [0.29, 0.717) is 6.04 Å². The van der Waals surface area contributed by atoms with Crippen LogP contribution in [0, 0.1) is 0 Å². The Kier molecular flexibility index (Phi) is 11.5. The summed E-state index contributed by atoms with van der Waals surface area (Å²) in [6.07, 6.45) is 4.32. The van der Waals surface area contributed by atoms with Gasteiger partial charge < -0.3 is 20.0 Å².